The molecule has 0 aromatic rings. The van der Waals surface area contributed by atoms with Crippen molar-refractivity contribution >= 4 is 11.9 Å². The third kappa shape index (κ3) is 12.5. The fourth-order valence-electron chi connectivity index (χ4n) is 0.990. The van der Waals surface area contributed by atoms with Crippen molar-refractivity contribution in [1.82, 2.24) is 0 Å². The lowest BCUT2D eigenvalue weighted by Gasteiger charge is -2.15. The maximum atomic E-state index is 9.77. The molecule has 0 saturated heterocycles. The van der Waals surface area contributed by atoms with Crippen LogP contribution in [0.3, 0.4) is 0 Å². The molecule has 0 fully saturated rings. The lowest BCUT2D eigenvalue weighted by atomic mass is 10.2. The SMILES string of the molecule is CCCOC(C)COC(C)CO.O=C(O)C(O)C(O)C(=O)O. The Morgan fingerprint density at radius 2 is 1.41 bits per heavy atom. The van der Waals surface area contributed by atoms with Gasteiger partial charge in [0.05, 0.1) is 25.4 Å². The van der Waals surface area contributed by atoms with Gasteiger partial charge in [-0.25, -0.2) is 9.59 Å². The summed E-state index contributed by atoms with van der Waals surface area (Å²) in [6.45, 7) is 7.29. The van der Waals surface area contributed by atoms with Crippen LogP contribution in [-0.2, 0) is 19.1 Å². The minimum atomic E-state index is -2.27. The molecule has 0 saturated carbocycles. The number of carboxylic acid groups (broad SMARTS) is 2. The van der Waals surface area contributed by atoms with Gasteiger partial charge in [0, 0.05) is 6.61 Å². The monoisotopic (exact) mass is 326 g/mol. The molecule has 9 heteroatoms. The third-order valence-electron chi connectivity index (χ3n) is 2.28. The highest BCUT2D eigenvalue weighted by Gasteiger charge is 2.29. The van der Waals surface area contributed by atoms with Gasteiger partial charge in [0.1, 0.15) is 0 Å². The Morgan fingerprint density at radius 1 is 0.955 bits per heavy atom. The number of ether oxygens (including phenoxy) is 2. The Bertz CT molecular complexity index is 290. The van der Waals surface area contributed by atoms with Crippen LogP contribution in [0.15, 0.2) is 0 Å². The van der Waals surface area contributed by atoms with E-state index in [2.05, 4.69) is 6.92 Å². The zero-order chi connectivity index (χ0) is 17.7. The third-order valence-corrected chi connectivity index (χ3v) is 2.28. The van der Waals surface area contributed by atoms with E-state index in [0.29, 0.717) is 6.61 Å². The van der Waals surface area contributed by atoms with E-state index in [9.17, 15) is 9.59 Å². The van der Waals surface area contributed by atoms with Crippen molar-refractivity contribution in [2.24, 2.45) is 0 Å². The zero-order valence-electron chi connectivity index (χ0n) is 13.0. The molecule has 0 aromatic carbocycles. The molecule has 5 N–H and O–H groups in total. The van der Waals surface area contributed by atoms with Crippen LogP contribution in [0, 0.1) is 0 Å². The van der Waals surface area contributed by atoms with Gasteiger partial charge in [0.2, 0.25) is 0 Å². The van der Waals surface area contributed by atoms with Crippen molar-refractivity contribution in [3.8, 4) is 0 Å². The molecule has 0 amide bonds. The van der Waals surface area contributed by atoms with E-state index in [4.69, 9.17) is 35.0 Å². The van der Waals surface area contributed by atoms with E-state index in [0.717, 1.165) is 13.0 Å². The van der Waals surface area contributed by atoms with Crippen molar-refractivity contribution in [2.45, 2.75) is 51.6 Å². The summed E-state index contributed by atoms with van der Waals surface area (Å²) in [6.07, 6.45) is -3.47. The van der Waals surface area contributed by atoms with Crippen LogP contribution >= 0.6 is 0 Å². The molecule has 22 heavy (non-hydrogen) atoms. The standard InChI is InChI=1S/C9H20O3.C4H6O6/c1-4-5-11-9(3)7-12-8(2)6-10;5-1(3(7)8)2(6)4(9)10/h8-10H,4-7H2,1-3H3;1-2,5-6H,(H,7,8)(H,9,10). The maximum Gasteiger partial charge on any atom is 0.335 e. The number of carboxylic acids is 2. The molecular formula is C13H26O9. The van der Waals surface area contributed by atoms with Gasteiger partial charge >= 0.3 is 11.9 Å². The van der Waals surface area contributed by atoms with Crippen molar-refractivity contribution < 1.29 is 44.6 Å². The highest BCUT2D eigenvalue weighted by atomic mass is 16.5. The van der Waals surface area contributed by atoms with Gasteiger partial charge in [-0.15, -0.1) is 0 Å². The number of hydrogen-bond donors (Lipinski definition) is 5. The molecule has 0 bridgehead atoms. The van der Waals surface area contributed by atoms with Crippen LogP contribution in [0.25, 0.3) is 0 Å². The molecule has 0 heterocycles. The van der Waals surface area contributed by atoms with E-state index in [1.807, 2.05) is 13.8 Å². The fourth-order valence-corrected chi connectivity index (χ4v) is 0.990. The number of aliphatic carboxylic acids is 2. The molecule has 0 spiro atoms. The van der Waals surface area contributed by atoms with E-state index in [1.54, 1.807) is 0 Å². The molecule has 4 atom stereocenters. The molecule has 0 rings (SSSR count). The lowest BCUT2D eigenvalue weighted by molar-refractivity contribution is -0.165. The van der Waals surface area contributed by atoms with E-state index in [-0.39, 0.29) is 18.8 Å². The Morgan fingerprint density at radius 3 is 1.73 bits per heavy atom. The van der Waals surface area contributed by atoms with E-state index >= 15 is 0 Å². The van der Waals surface area contributed by atoms with Gasteiger partial charge in [-0.3, -0.25) is 0 Å². The average molecular weight is 326 g/mol. The summed E-state index contributed by atoms with van der Waals surface area (Å²) < 4.78 is 10.7. The summed E-state index contributed by atoms with van der Waals surface area (Å²) in [5, 5.41) is 41.2. The summed E-state index contributed by atoms with van der Waals surface area (Å²) in [5.41, 5.74) is 0. The molecular weight excluding hydrogens is 300 g/mol. The van der Waals surface area contributed by atoms with Gasteiger partial charge in [-0.05, 0) is 20.3 Å². The van der Waals surface area contributed by atoms with Crippen LogP contribution in [0.4, 0.5) is 0 Å². The average Bonchev–Trinajstić information content (AvgIpc) is 2.49. The predicted octanol–water partition coefficient (Wildman–Crippen LogP) is -0.924. The number of carbonyl (C=O) groups is 2. The van der Waals surface area contributed by atoms with Gasteiger partial charge in [0.15, 0.2) is 12.2 Å². The van der Waals surface area contributed by atoms with Crippen LogP contribution < -0.4 is 0 Å². The Labute approximate surface area is 129 Å². The molecule has 0 aliphatic carbocycles. The molecule has 9 nitrogen and oxygen atoms in total. The van der Waals surface area contributed by atoms with Gasteiger partial charge in [0.25, 0.3) is 0 Å². The predicted molar refractivity (Wildman–Crippen MR) is 75.5 cm³/mol. The smallest absolute Gasteiger partial charge is 0.335 e. The first kappa shape index (κ1) is 23.0. The lowest BCUT2D eigenvalue weighted by Crippen LogP contribution is -2.39. The highest BCUT2D eigenvalue weighted by Crippen LogP contribution is 1.96. The summed E-state index contributed by atoms with van der Waals surface area (Å²) in [5.74, 6) is -3.54. The van der Waals surface area contributed by atoms with Gasteiger partial charge in [-0.2, -0.15) is 0 Å². The normalized spacial score (nSPS) is 15.9. The second-order valence-corrected chi connectivity index (χ2v) is 4.57. The van der Waals surface area contributed by atoms with Crippen LogP contribution in [-0.4, -0.2) is 81.7 Å². The first-order valence-corrected chi connectivity index (χ1v) is 6.83. The van der Waals surface area contributed by atoms with E-state index < -0.39 is 24.1 Å². The molecule has 4 unspecified atom stereocenters. The highest BCUT2D eigenvalue weighted by molar-refractivity contribution is 5.83. The summed E-state index contributed by atoms with van der Waals surface area (Å²) >= 11 is 0. The number of aliphatic hydroxyl groups is 3. The molecule has 0 radical (unpaired) electrons. The number of aliphatic hydroxyl groups excluding tert-OH is 3. The second kappa shape index (κ2) is 13.4. The zero-order valence-corrected chi connectivity index (χ0v) is 13.0. The number of hydrogen-bond acceptors (Lipinski definition) is 7. The first-order valence-electron chi connectivity index (χ1n) is 6.83. The largest absolute Gasteiger partial charge is 0.479 e. The Balaban J connectivity index is 0. The van der Waals surface area contributed by atoms with Crippen molar-refractivity contribution in [1.29, 1.82) is 0 Å². The molecule has 132 valence electrons. The van der Waals surface area contributed by atoms with Crippen molar-refractivity contribution in [3.63, 3.8) is 0 Å². The topological polar surface area (TPSA) is 154 Å². The summed E-state index contributed by atoms with van der Waals surface area (Å²) in [7, 11) is 0. The summed E-state index contributed by atoms with van der Waals surface area (Å²) in [6, 6.07) is 0. The first-order chi connectivity index (χ1) is 10.2. The minimum absolute atomic E-state index is 0.0699. The van der Waals surface area contributed by atoms with Crippen LogP contribution in [0.5, 0.6) is 0 Å². The maximum absolute atomic E-state index is 9.77. The van der Waals surface area contributed by atoms with Gasteiger partial charge in [-0.1, -0.05) is 6.92 Å². The molecule has 0 aliphatic heterocycles. The summed E-state index contributed by atoms with van der Waals surface area (Å²) in [4.78, 5) is 19.5. The van der Waals surface area contributed by atoms with Gasteiger partial charge < -0.3 is 35.0 Å². The van der Waals surface area contributed by atoms with Crippen LogP contribution in [0.1, 0.15) is 27.2 Å². The second-order valence-electron chi connectivity index (χ2n) is 4.57. The van der Waals surface area contributed by atoms with E-state index in [1.165, 1.54) is 0 Å². The van der Waals surface area contributed by atoms with Crippen molar-refractivity contribution in [3.05, 3.63) is 0 Å². The Kier molecular flexibility index (Phi) is 14.0. The minimum Gasteiger partial charge on any atom is -0.479 e. The quantitative estimate of drug-likeness (QED) is 0.343. The number of rotatable bonds is 10. The molecule has 0 aromatic heterocycles. The Hall–Kier alpha value is -1.26. The molecule has 0 aliphatic rings. The fraction of sp³-hybridized carbons (Fsp3) is 0.846. The van der Waals surface area contributed by atoms with Crippen molar-refractivity contribution in [2.75, 3.05) is 19.8 Å². The van der Waals surface area contributed by atoms with Crippen LogP contribution in [0.2, 0.25) is 0 Å².